The van der Waals surface area contributed by atoms with Crippen LogP contribution in [0.15, 0.2) is 40.1 Å². The number of nitrogens with zero attached hydrogens (tertiary/aromatic N) is 4. The number of amides is 1. The van der Waals surface area contributed by atoms with Crippen LogP contribution in [-0.2, 0) is 21.0 Å². The molecule has 1 aliphatic heterocycles. The predicted molar refractivity (Wildman–Crippen MR) is 107 cm³/mol. The predicted octanol–water partition coefficient (Wildman–Crippen LogP) is 2.52. The van der Waals surface area contributed by atoms with Crippen LogP contribution in [0, 0.1) is 0 Å². The Kier molecular flexibility index (Phi) is 6.68. The lowest BCUT2D eigenvalue weighted by Crippen LogP contribution is -2.42. The van der Waals surface area contributed by atoms with Gasteiger partial charge in [-0.1, -0.05) is 6.07 Å². The van der Waals surface area contributed by atoms with Crippen LogP contribution in [-0.4, -0.2) is 68.3 Å². The summed E-state index contributed by atoms with van der Waals surface area (Å²) >= 11 is 1.09. The molecule has 3 rings (SSSR count). The van der Waals surface area contributed by atoms with E-state index in [1.54, 1.807) is 16.3 Å². The van der Waals surface area contributed by atoms with Gasteiger partial charge >= 0.3 is 6.18 Å². The number of anilines is 1. The van der Waals surface area contributed by atoms with E-state index in [0.717, 1.165) is 27.9 Å². The van der Waals surface area contributed by atoms with Crippen molar-refractivity contribution in [1.82, 2.24) is 14.2 Å². The lowest BCUT2D eigenvalue weighted by Gasteiger charge is -2.24. The van der Waals surface area contributed by atoms with Crippen molar-refractivity contribution >= 4 is 33.1 Å². The van der Waals surface area contributed by atoms with E-state index in [1.165, 1.54) is 19.2 Å². The molecule has 1 amide bonds. The van der Waals surface area contributed by atoms with Crippen LogP contribution >= 0.6 is 11.3 Å². The van der Waals surface area contributed by atoms with Crippen LogP contribution in [0.3, 0.4) is 0 Å². The molecule has 0 spiro atoms. The monoisotopic (exact) mass is 462 g/mol. The number of aromatic nitrogens is 1. The number of alkyl halides is 3. The van der Waals surface area contributed by atoms with E-state index in [9.17, 15) is 26.4 Å². The smallest absolute Gasteiger partial charge is 0.355 e. The first-order chi connectivity index (χ1) is 14.1. The molecular formula is C18H21F3N4O3S2. The third-order valence-electron chi connectivity index (χ3n) is 4.77. The van der Waals surface area contributed by atoms with Crippen molar-refractivity contribution < 1.29 is 26.4 Å². The number of carbonyl (C=O) groups is 1. The maximum absolute atomic E-state index is 12.7. The molecule has 30 heavy (non-hydrogen) atoms. The second kappa shape index (κ2) is 8.90. The van der Waals surface area contributed by atoms with Gasteiger partial charge in [0, 0.05) is 39.4 Å². The minimum Gasteiger partial charge on any atom is -0.355 e. The highest BCUT2D eigenvalue weighted by atomic mass is 32.2. The SMILES string of the molecule is CN(CC(=O)N1CCCN(c2ccc(C(F)(F)F)cn2)CC1)S(=O)(=O)c1cccs1. The average Bonchev–Trinajstić information content (AvgIpc) is 3.13. The molecule has 0 atom stereocenters. The van der Waals surface area contributed by atoms with Gasteiger partial charge < -0.3 is 9.80 Å². The van der Waals surface area contributed by atoms with Gasteiger partial charge in [-0.25, -0.2) is 13.4 Å². The molecule has 0 bridgehead atoms. The molecule has 0 saturated carbocycles. The molecule has 0 radical (unpaired) electrons. The van der Waals surface area contributed by atoms with Gasteiger partial charge in [-0.3, -0.25) is 4.79 Å². The number of hydrogen-bond acceptors (Lipinski definition) is 6. The lowest BCUT2D eigenvalue weighted by molar-refractivity contribution is -0.137. The summed E-state index contributed by atoms with van der Waals surface area (Å²) in [5.74, 6) is 0.0922. The third kappa shape index (κ3) is 5.10. The first-order valence-electron chi connectivity index (χ1n) is 9.15. The summed E-state index contributed by atoms with van der Waals surface area (Å²) in [6.45, 7) is 1.41. The first-order valence-corrected chi connectivity index (χ1v) is 11.5. The number of carbonyl (C=O) groups excluding carboxylic acids is 1. The Morgan fingerprint density at radius 3 is 2.57 bits per heavy atom. The molecule has 0 unspecified atom stereocenters. The topological polar surface area (TPSA) is 73.8 Å². The molecule has 0 aliphatic carbocycles. The quantitative estimate of drug-likeness (QED) is 0.683. The number of sulfonamides is 1. The van der Waals surface area contributed by atoms with Crippen molar-refractivity contribution in [2.45, 2.75) is 16.8 Å². The second-order valence-corrected chi connectivity index (χ2v) is 10.0. The standard InChI is InChI=1S/C18H21F3N4O3S2/c1-23(30(27,28)17-4-2-11-29-17)13-16(26)25-8-3-7-24(9-10-25)15-6-5-14(12-22-15)18(19,20)21/h2,4-6,11-12H,3,7-10,13H2,1H3. The third-order valence-corrected chi connectivity index (χ3v) is 7.94. The highest BCUT2D eigenvalue weighted by Crippen LogP contribution is 2.29. The molecule has 1 aliphatic rings. The van der Waals surface area contributed by atoms with Crippen molar-refractivity contribution in [2.75, 3.05) is 44.7 Å². The number of rotatable bonds is 5. The normalized spacial score (nSPS) is 16.0. The summed E-state index contributed by atoms with van der Waals surface area (Å²) in [6.07, 6.45) is -3.05. The number of thiophene rings is 1. The molecule has 7 nitrogen and oxygen atoms in total. The Labute approximate surface area is 176 Å². The minimum absolute atomic E-state index is 0.174. The average molecular weight is 463 g/mol. The maximum Gasteiger partial charge on any atom is 0.417 e. The summed E-state index contributed by atoms with van der Waals surface area (Å²) in [7, 11) is -2.35. The lowest BCUT2D eigenvalue weighted by atomic mass is 10.2. The first kappa shape index (κ1) is 22.5. The summed E-state index contributed by atoms with van der Waals surface area (Å²) in [4.78, 5) is 19.9. The zero-order valence-corrected chi connectivity index (χ0v) is 17.8. The van der Waals surface area contributed by atoms with Crippen molar-refractivity contribution in [3.05, 3.63) is 41.4 Å². The van der Waals surface area contributed by atoms with Gasteiger partial charge in [0.05, 0.1) is 12.1 Å². The molecule has 12 heteroatoms. The molecule has 1 saturated heterocycles. The Morgan fingerprint density at radius 2 is 1.97 bits per heavy atom. The van der Waals surface area contributed by atoms with Gasteiger partial charge in [0.1, 0.15) is 10.0 Å². The Morgan fingerprint density at radius 1 is 1.20 bits per heavy atom. The highest BCUT2D eigenvalue weighted by Gasteiger charge is 2.31. The zero-order valence-electron chi connectivity index (χ0n) is 16.2. The number of halogens is 3. The summed E-state index contributed by atoms with van der Waals surface area (Å²) in [5.41, 5.74) is -0.812. The van der Waals surface area contributed by atoms with E-state index in [1.807, 2.05) is 4.90 Å². The van der Waals surface area contributed by atoms with Gasteiger partial charge in [-0.2, -0.15) is 17.5 Å². The van der Waals surface area contributed by atoms with E-state index < -0.39 is 21.8 Å². The van der Waals surface area contributed by atoms with Gasteiger partial charge in [0.2, 0.25) is 5.91 Å². The molecule has 0 aromatic carbocycles. The van der Waals surface area contributed by atoms with Crippen LogP contribution in [0.1, 0.15) is 12.0 Å². The molecule has 1 fully saturated rings. The van der Waals surface area contributed by atoms with E-state index in [0.29, 0.717) is 38.4 Å². The summed E-state index contributed by atoms with van der Waals surface area (Å²) < 4.78 is 64.3. The fraction of sp³-hybridized carbons (Fsp3) is 0.444. The fourth-order valence-corrected chi connectivity index (χ4v) is 5.40. The molecule has 3 heterocycles. The molecule has 2 aromatic heterocycles. The molecule has 2 aromatic rings. The Bertz CT molecular complexity index is 964. The molecular weight excluding hydrogens is 441 g/mol. The van der Waals surface area contributed by atoms with Crippen molar-refractivity contribution in [1.29, 1.82) is 0 Å². The second-order valence-electron chi connectivity index (χ2n) is 6.82. The summed E-state index contributed by atoms with van der Waals surface area (Å²) in [5, 5.41) is 1.65. The van der Waals surface area contributed by atoms with Crippen LogP contribution in [0.4, 0.5) is 19.0 Å². The van der Waals surface area contributed by atoms with Crippen LogP contribution < -0.4 is 4.90 Å². The Hall–Kier alpha value is -2.18. The van der Waals surface area contributed by atoms with Gasteiger partial charge in [-0.15, -0.1) is 11.3 Å². The zero-order chi connectivity index (χ0) is 21.9. The van der Waals surface area contributed by atoms with Crippen LogP contribution in [0.25, 0.3) is 0 Å². The number of pyridine rings is 1. The van der Waals surface area contributed by atoms with E-state index >= 15 is 0 Å². The summed E-state index contributed by atoms with van der Waals surface area (Å²) in [6, 6.07) is 5.43. The van der Waals surface area contributed by atoms with Gasteiger partial charge in [0.15, 0.2) is 0 Å². The van der Waals surface area contributed by atoms with Gasteiger partial charge in [-0.05, 0) is 30.0 Å². The van der Waals surface area contributed by atoms with E-state index in [-0.39, 0.29) is 16.7 Å². The number of hydrogen-bond donors (Lipinski definition) is 0. The largest absolute Gasteiger partial charge is 0.417 e. The van der Waals surface area contributed by atoms with Crippen molar-refractivity contribution in [3.8, 4) is 0 Å². The minimum atomic E-state index is -4.44. The number of likely N-dealkylation sites (N-methyl/N-ethyl adjacent to an activating group) is 1. The van der Waals surface area contributed by atoms with Crippen LogP contribution in [0.5, 0.6) is 0 Å². The highest BCUT2D eigenvalue weighted by molar-refractivity contribution is 7.91. The fourth-order valence-electron chi connectivity index (χ4n) is 3.08. The Balaban J connectivity index is 1.60. The van der Waals surface area contributed by atoms with Crippen molar-refractivity contribution in [2.24, 2.45) is 0 Å². The maximum atomic E-state index is 12.7. The molecule has 164 valence electrons. The van der Waals surface area contributed by atoms with Crippen molar-refractivity contribution in [3.63, 3.8) is 0 Å². The van der Waals surface area contributed by atoms with E-state index in [2.05, 4.69) is 4.98 Å². The van der Waals surface area contributed by atoms with E-state index in [4.69, 9.17) is 0 Å². The van der Waals surface area contributed by atoms with Gasteiger partial charge in [0.25, 0.3) is 10.0 Å². The molecule has 0 N–H and O–H groups in total. The van der Waals surface area contributed by atoms with Crippen LogP contribution in [0.2, 0.25) is 0 Å².